The largest absolute Gasteiger partial charge is 0.496 e. The van der Waals surface area contributed by atoms with Crippen LogP contribution < -0.4 is 15.8 Å². The van der Waals surface area contributed by atoms with Crippen LogP contribution >= 0.6 is 12.4 Å². The number of hydrogen-bond acceptors (Lipinski definition) is 3. The molecule has 1 rings (SSSR count). The number of nitrogens with one attached hydrogen (secondary N) is 1. The molecule has 0 radical (unpaired) electrons. The van der Waals surface area contributed by atoms with E-state index in [1.807, 2.05) is 32.0 Å². The smallest absolute Gasteiger partial charge is 0.234 e. The van der Waals surface area contributed by atoms with Gasteiger partial charge in [0.05, 0.1) is 19.7 Å². The average Bonchev–Trinajstić information content (AvgIpc) is 2.28. The summed E-state index contributed by atoms with van der Waals surface area (Å²) in [5.74, 6) is 0.603. The minimum atomic E-state index is -0.170. The van der Waals surface area contributed by atoms with Gasteiger partial charge < -0.3 is 15.8 Å². The zero-order chi connectivity index (χ0) is 12.1. The summed E-state index contributed by atoms with van der Waals surface area (Å²) in [6, 6.07) is 5.77. The number of ether oxygens (including phenoxy) is 1. The summed E-state index contributed by atoms with van der Waals surface area (Å²) in [6.45, 7) is 3.91. The van der Waals surface area contributed by atoms with E-state index in [1.165, 1.54) is 0 Å². The second kappa shape index (κ2) is 7.14. The summed E-state index contributed by atoms with van der Waals surface area (Å²) < 4.78 is 5.25. The normalized spacial score (nSPS) is 11.3. The molecule has 1 unspecified atom stereocenters. The van der Waals surface area contributed by atoms with Crippen molar-refractivity contribution in [2.24, 2.45) is 5.73 Å². The maximum atomic E-state index is 11.2. The van der Waals surface area contributed by atoms with Crippen molar-refractivity contribution >= 4 is 18.3 Å². The Hall–Kier alpha value is -1.26. The van der Waals surface area contributed by atoms with Gasteiger partial charge in [0.25, 0.3) is 0 Å². The van der Waals surface area contributed by atoms with Gasteiger partial charge in [-0.3, -0.25) is 4.79 Å². The van der Waals surface area contributed by atoms with Crippen LogP contribution in [0.4, 0.5) is 0 Å². The van der Waals surface area contributed by atoms with Crippen LogP contribution in [0.25, 0.3) is 0 Å². The highest BCUT2D eigenvalue weighted by Gasteiger charge is 2.13. The van der Waals surface area contributed by atoms with Gasteiger partial charge in [-0.05, 0) is 19.9 Å². The highest BCUT2D eigenvalue weighted by molar-refractivity contribution is 5.85. The molecule has 0 aliphatic heterocycles. The lowest BCUT2D eigenvalue weighted by atomic mass is 10.0. The van der Waals surface area contributed by atoms with Crippen LogP contribution in [-0.4, -0.2) is 19.6 Å². The van der Waals surface area contributed by atoms with Gasteiger partial charge in [-0.15, -0.1) is 12.4 Å². The molecule has 4 nitrogen and oxygen atoms in total. The standard InChI is InChI=1S/C12H18N2O2.ClH/c1-8-4-5-11(16-3)10(6-8)9(2)14-12(15)7-13;/h4-6,9H,7,13H2,1-3H3,(H,14,15);1H. The first-order valence-electron chi connectivity index (χ1n) is 5.22. The molecule has 0 fully saturated rings. The summed E-state index contributed by atoms with van der Waals surface area (Å²) in [7, 11) is 1.62. The molecule has 5 heteroatoms. The fraction of sp³-hybridized carbons (Fsp3) is 0.417. The Balaban J connectivity index is 0.00000256. The van der Waals surface area contributed by atoms with E-state index in [-0.39, 0.29) is 30.9 Å². The molecule has 0 aromatic heterocycles. The zero-order valence-electron chi connectivity index (χ0n) is 10.3. The van der Waals surface area contributed by atoms with E-state index in [1.54, 1.807) is 7.11 Å². The molecule has 1 atom stereocenters. The number of carbonyl (C=O) groups excluding carboxylic acids is 1. The Labute approximate surface area is 108 Å². The van der Waals surface area contributed by atoms with E-state index in [0.717, 1.165) is 16.9 Å². The lowest BCUT2D eigenvalue weighted by molar-refractivity contribution is -0.120. The second-order valence-corrected chi connectivity index (χ2v) is 3.74. The van der Waals surface area contributed by atoms with Crippen molar-refractivity contribution in [2.45, 2.75) is 19.9 Å². The highest BCUT2D eigenvalue weighted by Crippen LogP contribution is 2.25. The summed E-state index contributed by atoms with van der Waals surface area (Å²) in [4.78, 5) is 11.2. The van der Waals surface area contributed by atoms with Crippen molar-refractivity contribution in [1.29, 1.82) is 0 Å². The van der Waals surface area contributed by atoms with E-state index in [9.17, 15) is 4.79 Å². The summed E-state index contributed by atoms with van der Waals surface area (Å²) in [5, 5.41) is 2.80. The van der Waals surface area contributed by atoms with Gasteiger partial charge >= 0.3 is 0 Å². The number of nitrogens with two attached hydrogens (primary N) is 1. The fourth-order valence-electron chi connectivity index (χ4n) is 1.57. The number of methoxy groups -OCH3 is 1. The van der Waals surface area contributed by atoms with Crippen molar-refractivity contribution in [2.75, 3.05) is 13.7 Å². The van der Waals surface area contributed by atoms with Gasteiger partial charge in [0.15, 0.2) is 0 Å². The van der Waals surface area contributed by atoms with Crippen molar-refractivity contribution < 1.29 is 9.53 Å². The fourth-order valence-corrected chi connectivity index (χ4v) is 1.57. The number of aryl methyl sites for hydroxylation is 1. The van der Waals surface area contributed by atoms with Crippen LogP contribution in [0.15, 0.2) is 18.2 Å². The van der Waals surface area contributed by atoms with Gasteiger partial charge in [0, 0.05) is 5.56 Å². The molecule has 1 amide bonds. The maximum Gasteiger partial charge on any atom is 0.234 e. The van der Waals surface area contributed by atoms with E-state index in [2.05, 4.69) is 5.32 Å². The molecule has 0 heterocycles. The molecule has 3 N–H and O–H groups in total. The number of hydrogen-bond donors (Lipinski definition) is 2. The molecular weight excluding hydrogens is 240 g/mol. The molecule has 96 valence electrons. The third-order valence-corrected chi connectivity index (χ3v) is 2.41. The molecule has 0 saturated heterocycles. The van der Waals surface area contributed by atoms with Gasteiger partial charge in [0.2, 0.25) is 5.91 Å². The maximum absolute atomic E-state index is 11.2. The minimum absolute atomic E-state index is 0. The average molecular weight is 259 g/mol. The molecule has 0 aliphatic rings. The van der Waals surface area contributed by atoms with E-state index in [0.29, 0.717) is 0 Å². The summed E-state index contributed by atoms with van der Waals surface area (Å²) >= 11 is 0. The molecule has 0 aliphatic carbocycles. The quantitative estimate of drug-likeness (QED) is 0.862. The van der Waals surface area contributed by atoms with Crippen LogP contribution in [0.3, 0.4) is 0 Å². The molecule has 1 aromatic carbocycles. The van der Waals surface area contributed by atoms with Gasteiger partial charge in [0.1, 0.15) is 5.75 Å². The van der Waals surface area contributed by atoms with Crippen LogP contribution in [0.2, 0.25) is 0 Å². The topological polar surface area (TPSA) is 64.3 Å². The lowest BCUT2D eigenvalue weighted by Crippen LogP contribution is -2.32. The van der Waals surface area contributed by atoms with E-state index in [4.69, 9.17) is 10.5 Å². The molecule has 17 heavy (non-hydrogen) atoms. The first-order valence-corrected chi connectivity index (χ1v) is 5.22. The highest BCUT2D eigenvalue weighted by atomic mass is 35.5. The first kappa shape index (κ1) is 15.7. The minimum Gasteiger partial charge on any atom is -0.496 e. The van der Waals surface area contributed by atoms with Crippen molar-refractivity contribution in [3.63, 3.8) is 0 Å². The van der Waals surface area contributed by atoms with Crippen molar-refractivity contribution in [3.05, 3.63) is 29.3 Å². The van der Waals surface area contributed by atoms with Crippen molar-refractivity contribution in [1.82, 2.24) is 5.32 Å². The lowest BCUT2D eigenvalue weighted by Gasteiger charge is -2.17. The molecule has 0 saturated carbocycles. The number of benzene rings is 1. The van der Waals surface area contributed by atoms with Crippen LogP contribution in [0.1, 0.15) is 24.1 Å². The number of halogens is 1. The Kier molecular flexibility index (Phi) is 6.61. The first-order chi connectivity index (χ1) is 7.58. The van der Waals surface area contributed by atoms with Crippen LogP contribution in [-0.2, 0) is 4.79 Å². The van der Waals surface area contributed by atoms with Crippen LogP contribution in [0.5, 0.6) is 5.75 Å². The zero-order valence-corrected chi connectivity index (χ0v) is 11.1. The SMILES string of the molecule is COc1ccc(C)cc1C(C)NC(=O)CN.Cl. The van der Waals surface area contributed by atoms with Crippen molar-refractivity contribution in [3.8, 4) is 5.75 Å². The number of rotatable bonds is 4. The summed E-state index contributed by atoms with van der Waals surface area (Å²) in [6.07, 6.45) is 0. The van der Waals surface area contributed by atoms with Gasteiger partial charge in [-0.2, -0.15) is 0 Å². The third-order valence-electron chi connectivity index (χ3n) is 2.41. The monoisotopic (exact) mass is 258 g/mol. The second-order valence-electron chi connectivity index (χ2n) is 3.74. The molecule has 0 spiro atoms. The number of carbonyl (C=O) groups is 1. The van der Waals surface area contributed by atoms with E-state index < -0.39 is 0 Å². The van der Waals surface area contributed by atoms with Gasteiger partial charge in [-0.25, -0.2) is 0 Å². The third kappa shape index (κ3) is 4.24. The van der Waals surface area contributed by atoms with E-state index >= 15 is 0 Å². The Morgan fingerprint density at radius 1 is 1.53 bits per heavy atom. The van der Waals surface area contributed by atoms with Gasteiger partial charge in [-0.1, -0.05) is 17.7 Å². The Morgan fingerprint density at radius 2 is 2.18 bits per heavy atom. The van der Waals surface area contributed by atoms with Crippen LogP contribution in [0, 0.1) is 6.92 Å². The molecule has 0 bridgehead atoms. The molecule has 1 aromatic rings. The summed E-state index contributed by atoms with van der Waals surface area (Å²) in [5.41, 5.74) is 7.35. The molecular formula is C12H19ClN2O2. The predicted octanol–water partition coefficient (Wildman–Crippen LogP) is 1.56. The Morgan fingerprint density at radius 3 is 2.71 bits per heavy atom. The predicted molar refractivity (Wildman–Crippen MR) is 70.6 cm³/mol. The number of amides is 1. The Bertz CT molecular complexity index is 383.